The minimum atomic E-state index is 0.168. The highest BCUT2D eigenvalue weighted by Crippen LogP contribution is 2.27. The topological polar surface area (TPSA) is 41.1 Å². The first kappa shape index (κ1) is 14.3. The Kier molecular flexibility index (Phi) is 4.68. The monoisotopic (exact) mass is 300 g/mol. The van der Waals surface area contributed by atoms with Gasteiger partial charge in [0, 0.05) is 35.3 Å². The van der Waals surface area contributed by atoms with Crippen LogP contribution >= 0.6 is 11.3 Å². The van der Waals surface area contributed by atoms with E-state index in [-0.39, 0.29) is 5.91 Å². The van der Waals surface area contributed by atoms with Gasteiger partial charge in [-0.1, -0.05) is 30.3 Å². The number of hydrogen-bond donors (Lipinski definition) is 2. The zero-order valence-electron chi connectivity index (χ0n) is 12.0. The van der Waals surface area contributed by atoms with Crippen molar-refractivity contribution in [2.75, 3.05) is 6.54 Å². The lowest BCUT2D eigenvalue weighted by molar-refractivity contribution is -0.121. The summed E-state index contributed by atoms with van der Waals surface area (Å²) < 4.78 is 0. The molecule has 1 aliphatic carbocycles. The number of nitrogens with one attached hydrogen (secondary N) is 2. The van der Waals surface area contributed by atoms with E-state index in [0.29, 0.717) is 12.5 Å². The minimum absolute atomic E-state index is 0.168. The summed E-state index contributed by atoms with van der Waals surface area (Å²) in [6.07, 6.45) is 2.86. The van der Waals surface area contributed by atoms with E-state index in [9.17, 15) is 4.79 Å². The summed E-state index contributed by atoms with van der Waals surface area (Å²) in [5, 5.41) is 6.34. The predicted molar refractivity (Wildman–Crippen MR) is 87.2 cm³/mol. The van der Waals surface area contributed by atoms with Gasteiger partial charge in [-0.2, -0.15) is 0 Å². The van der Waals surface area contributed by atoms with Gasteiger partial charge in [-0.15, -0.1) is 11.3 Å². The molecule has 1 fully saturated rings. The molecule has 2 aromatic rings. The lowest BCUT2D eigenvalue weighted by atomic mass is 10.2. The summed E-state index contributed by atoms with van der Waals surface area (Å²) in [7, 11) is 0. The Labute approximate surface area is 129 Å². The van der Waals surface area contributed by atoms with Crippen molar-refractivity contribution in [3.63, 3.8) is 0 Å². The fourth-order valence-electron chi connectivity index (χ4n) is 2.17. The largest absolute Gasteiger partial charge is 0.353 e. The Morgan fingerprint density at radius 1 is 1.14 bits per heavy atom. The Balaban J connectivity index is 1.41. The molecule has 0 unspecified atom stereocenters. The average Bonchev–Trinajstić information content (AvgIpc) is 3.19. The first-order valence-electron chi connectivity index (χ1n) is 7.45. The molecule has 0 aliphatic heterocycles. The summed E-state index contributed by atoms with van der Waals surface area (Å²) in [4.78, 5) is 14.1. The molecule has 1 aromatic carbocycles. The average molecular weight is 300 g/mol. The lowest BCUT2D eigenvalue weighted by Crippen LogP contribution is -2.28. The zero-order chi connectivity index (χ0) is 14.5. The SMILES string of the molecule is O=C(CCNCc1ccc(-c2ccccc2)s1)NC1CC1. The Morgan fingerprint density at radius 2 is 1.95 bits per heavy atom. The second-order valence-corrected chi connectivity index (χ2v) is 6.57. The Bertz CT molecular complexity index is 590. The fourth-order valence-corrected chi connectivity index (χ4v) is 3.15. The second kappa shape index (κ2) is 6.87. The van der Waals surface area contributed by atoms with Crippen LogP contribution in [0.1, 0.15) is 24.1 Å². The summed E-state index contributed by atoms with van der Waals surface area (Å²) >= 11 is 1.80. The number of amides is 1. The Hall–Kier alpha value is -1.65. The molecule has 3 nitrogen and oxygen atoms in total. The molecular weight excluding hydrogens is 280 g/mol. The van der Waals surface area contributed by atoms with Crippen molar-refractivity contribution in [2.45, 2.75) is 31.8 Å². The zero-order valence-corrected chi connectivity index (χ0v) is 12.8. The van der Waals surface area contributed by atoms with Gasteiger partial charge in [0.15, 0.2) is 0 Å². The predicted octanol–water partition coefficient (Wildman–Crippen LogP) is 3.17. The van der Waals surface area contributed by atoms with Gasteiger partial charge in [0.2, 0.25) is 5.91 Å². The van der Waals surface area contributed by atoms with Crippen LogP contribution in [0.5, 0.6) is 0 Å². The molecule has 1 aromatic heterocycles. The summed E-state index contributed by atoms with van der Waals surface area (Å²) in [5.74, 6) is 0.168. The maximum absolute atomic E-state index is 11.5. The van der Waals surface area contributed by atoms with Crippen LogP contribution in [-0.4, -0.2) is 18.5 Å². The molecule has 0 saturated heterocycles. The van der Waals surface area contributed by atoms with E-state index in [2.05, 4.69) is 47.0 Å². The van der Waals surface area contributed by atoms with E-state index in [1.54, 1.807) is 11.3 Å². The normalized spacial score (nSPS) is 14.1. The third kappa shape index (κ3) is 4.41. The lowest BCUT2D eigenvalue weighted by Gasteiger charge is -2.04. The molecule has 1 heterocycles. The van der Waals surface area contributed by atoms with Crippen molar-refractivity contribution < 1.29 is 4.79 Å². The van der Waals surface area contributed by atoms with Crippen LogP contribution in [0.25, 0.3) is 10.4 Å². The summed E-state index contributed by atoms with van der Waals surface area (Å²) in [6, 6.07) is 15.2. The maximum atomic E-state index is 11.5. The molecule has 1 saturated carbocycles. The van der Waals surface area contributed by atoms with Gasteiger partial charge in [0.25, 0.3) is 0 Å². The van der Waals surface area contributed by atoms with Crippen LogP contribution in [0.4, 0.5) is 0 Å². The summed E-state index contributed by atoms with van der Waals surface area (Å²) in [6.45, 7) is 1.56. The van der Waals surface area contributed by atoms with Gasteiger partial charge < -0.3 is 10.6 Å². The highest BCUT2D eigenvalue weighted by Gasteiger charge is 2.22. The molecule has 2 N–H and O–H groups in total. The number of rotatable bonds is 7. The minimum Gasteiger partial charge on any atom is -0.353 e. The smallest absolute Gasteiger partial charge is 0.221 e. The third-order valence-corrected chi connectivity index (χ3v) is 4.62. The Morgan fingerprint density at radius 3 is 2.71 bits per heavy atom. The molecular formula is C17H20N2OS. The molecule has 1 amide bonds. The van der Waals surface area contributed by atoms with Crippen LogP contribution in [0.15, 0.2) is 42.5 Å². The molecule has 0 radical (unpaired) electrons. The van der Waals surface area contributed by atoms with Crippen LogP contribution in [0.2, 0.25) is 0 Å². The second-order valence-electron chi connectivity index (χ2n) is 5.40. The van der Waals surface area contributed by atoms with Crippen LogP contribution < -0.4 is 10.6 Å². The van der Waals surface area contributed by atoms with E-state index in [0.717, 1.165) is 25.9 Å². The van der Waals surface area contributed by atoms with Crippen molar-refractivity contribution in [1.29, 1.82) is 0 Å². The van der Waals surface area contributed by atoms with Crippen molar-refractivity contribution in [3.8, 4) is 10.4 Å². The maximum Gasteiger partial charge on any atom is 0.221 e. The number of thiophene rings is 1. The number of carbonyl (C=O) groups excluding carboxylic acids is 1. The number of carbonyl (C=O) groups is 1. The van der Waals surface area contributed by atoms with Crippen molar-refractivity contribution in [1.82, 2.24) is 10.6 Å². The molecule has 0 spiro atoms. The summed E-state index contributed by atoms with van der Waals surface area (Å²) in [5.41, 5.74) is 1.26. The van der Waals surface area contributed by atoms with Crippen molar-refractivity contribution >= 4 is 17.2 Å². The van der Waals surface area contributed by atoms with E-state index in [1.807, 2.05) is 6.07 Å². The van der Waals surface area contributed by atoms with Crippen LogP contribution in [0.3, 0.4) is 0 Å². The number of hydrogen-bond acceptors (Lipinski definition) is 3. The van der Waals surface area contributed by atoms with Gasteiger partial charge in [-0.3, -0.25) is 4.79 Å². The third-order valence-electron chi connectivity index (χ3n) is 3.49. The molecule has 21 heavy (non-hydrogen) atoms. The van der Waals surface area contributed by atoms with Crippen LogP contribution in [0, 0.1) is 0 Å². The standard InChI is InChI=1S/C17H20N2OS/c20-17(19-14-6-7-14)10-11-18-12-15-8-9-16(21-15)13-4-2-1-3-5-13/h1-5,8-9,14,18H,6-7,10-12H2,(H,19,20). The quantitative estimate of drug-likeness (QED) is 0.771. The molecule has 0 bridgehead atoms. The first-order chi connectivity index (χ1) is 10.3. The van der Waals surface area contributed by atoms with E-state index in [1.165, 1.54) is 15.3 Å². The fraction of sp³-hybridized carbons (Fsp3) is 0.353. The van der Waals surface area contributed by atoms with Gasteiger partial charge in [-0.05, 0) is 30.5 Å². The van der Waals surface area contributed by atoms with E-state index < -0.39 is 0 Å². The highest BCUT2D eigenvalue weighted by molar-refractivity contribution is 7.15. The van der Waals surface area contributed by atoms with Crippen molar-refractivity contribution in [3.05, 3.63) is 47.3 Å². The molecule has 110 valence electrons. The van der Waals surface area contributed by atoms with Gasteiger partial charge >= 0.3 is 0 Å². The first-order valence-corrected chi connectivity index (χ1v) is 8.27. The molecule has 4 heteroatoms. The number of benzene rings is 1. The molecule has 3 rings (SSSR count). The van der Waals surface area contributed by atoms with Gasteiger partial charge in [0.05, 0.1) is 0 Å². The highest BCUT2D eigenvalue weighted by atomic mass is 32.1. The molecule has 0 atom stereocenters. The van der Waals surface area contributed by atoms with E-state index >= 15 is 0 Å². The molecule has 1 aliphatic rings. The van der Waals surface area contributed by atoms with E-state index in [4.69, 9.17) is 0 Å². The van der Waals surface area contributed by atoms with Gasteiger partial charge in [0.1, 0.15) is 0 Å². The van der Waals surface area contributed by atoms with Crippen LogP contribution in [-0.2, 0) is 11.3 Å². The van der Waals surface area contributed by atoms with Crippen molar-refractivity contribution in [2.24, 2.45) is 0 Å². The van der Waals surface area contributed by atoms with Gasteiger partial charge in [-0.25, -0.2) is 0 Å².